The van der Waals surface area contributed by atoms with E-state index in [0.717, 1.165) is 5.52 Å². The van der Waals surface area contributed by atoms with Crippen molar-refractivity contribution in [2.24, 2.45) is 0 Å². The summed E-state index contributed by atoms with van der Waals surface area (Å²) in [4.78, 5) is 29.2. The monoisotopic (exact) mass is 485 g/mol. The molecule has 8 nitrogen and oxygen atoms in total. The lowest BCUT2D eigenvalue weighted by atomic mass is 10.0. The van der Waals surface area contributed by atoms with Gasteiger partial charge in [0, 0.05) is 11.2 Å². The highest BCUT2D eigenvalue weighted by Crippen LogP contribution is 2.30. The molecule has 186 valence electrons. The van der Waals surface area contributed by atoms with Crippen molar-refractivity contribution in [1.29, 1.82) is 0 Å². The van der Waals surface area contributed by atoms with E-state index in [1.54, 1.807) is 4.68 Å². The molecule has 0 bridgehead atoms. The maximum Gasteiger partial charge on any atom is 0.249 e. The van der Waals surface area contributed by atoms with Gasteiger partial charge in [-0.2, -0.15) is 0 Å². The molecule has 0 fully saturated rings. The summed E-state index contributed by atoms with van der Waals surface area (Å²) < 4.78 is 7.15. The summed E-state index contributed by atoms with van der Waals surface area (Å²) in [5, 5.41) is 11.4. The first-order valence-electron chi connectivity index (χ1n) is 12.0. The lowest BCUT2D eigenvalue weighted by Crippen LogP contribution is -2.50. The van der Waals surface area contributed by atoms with E-state index in [-0.39, 0.29) is 18.4 Å². The number of nitrogens with zero attached hydrogens (tertiary/aromatic N) is 4. The van der Waals surface area contributed by atoms with E-state index in [1.165, 1.54) is 4.90 Å². The largest absolute Gasteiger partial charge is 0.494 e. The SMILES string of the molecule is CCOc1ccc([C@H](C(=O)NC(C)(C)C)N(C(=O)Cn2nnc3ccccc32)c2ccccc2)cc1. The van der Waals surface area contributed by atoms with Crippen molar-refractivity contribution < 1.29 is 14.3 Å². The fourth-order valence-electron chi connectivity index (χ4n) is 4.03. The van der Waals surface area contributed by atoms with E-state index >= 15 is 0 Å². The number of hydrogen-bond donors (Lipinski definition) is 1. The van der Waals surface area contributed by atoms with Crippen LogP contribution >= 0.6 is 0 Å². The normalized spacial score (nSPS) is 12.2. The Hall–Kier alpha value is -4.20. The van der Waals surface area contributed by atoms with E-state index in [1.807, 2.05) is 107 Å². The maximum atomic E-state index is 13.9. The molecule has 36 heavy (non-hydrogen) atoms. The minimum atomic E-state index is -0.912. The van der Waals surface area contributed by atoms with Crippen LogP contribution in [0, 0.1) is 0 Å². The summed E-state index contributed by atoms with van der Waals surface area (Å²) in [5.41, 5.74) is 2.23. The third kappa shape index (κ3) is 5.71. The maximum absolute atomic E-state index is 13.9. The molecule has 1 heterocycles. The summed E-state index contributed by atoms with van der Waals surface area (Å²) in [6.07, 6.45) is 0. The molecule has 0 unspecified atom stereocenters. The summed E-state index contributed by atoms with van der Waals surface area (Å²) >= 11 is 0. The number of nitrogens with one attached hydrogen (secondary N) is 1. The zero-order chi connectivity index (χ0) is 25.7. The van der Waals surface area contributed by atoms with Crippen LogP contribution in [-0.4, -0.2) is 39.0 Å². The van der Waals surface area contributed by atoms with E-state index in [9.17, 15) is 9.59 Å². The minimum Gasteiger partial charge on any atom is -0.494 e. The molecule has 0 saturated carbocycles. The van der Waals surface area contributed by atoms with Crippen LogP contribution in [0.15, 0.2) is 78.9 Å². The Labute approximate surface area is 210 Å². The summed E-state index contributed by atoms with van der Waals surface area (Å²) in [6, 6.07) is 23.0. The Morgan fingerprint density at radius 1 is 0.972 bits per heavy atom. The Morgan fingerprint density at radius 3 is 2.31 bits per heavy atom. The van der Waals surface area contributed by atoms with Gasteiger partial charge in [0.15, 0.2) is 0 Å². The number of aromatic nitrogens is 3. The minimum absolute atomic E-state index is 0.0776. The van der Waals surface area contributed by atoms with Crippen molar-refractivity contribution in [3.8, 4) is 5.75 Å². The number of para-hydroxylation sites is 2. The molecule has 4 rings (SSSR count). The fraction of sp³-hybridized carbons (Fsp3) is 0.286. The van der Waals surface area contributed by atoms with Crippen LogP contribution in [0.2, 0.25) is 0 Å². The number of ether oxygens (including phenoxy) is 1. The van der Waals surface area contributed by atoms with Gasteiger partial charge in [-0.1, -0.05) is 47.7 Å². The highest BCUT2D eigenvalue weighted by atomic mass is 16.5. The molecule has 0 spiro atoms. The number of hydrogen-bond acceptors (Lipinski definition) is 5. The molecular weight excluding hydrogens is 454 g/mol. The van der Waals surface area contributed by atoms with Crippen molar-refractivity contribution in [1.82, 2.24) is 20.3 Å². The van der Waals surface area contributed by atoms with Gasteiger partial charge in [-0.25, -0.2) is 4.68 Å². The molecule has 2 amide bonds. The first-order valence-corrected chi connectivity index (χ1v) is 12.0. The number of carbonyl (C=O) groups excluding carboxylic acids is 2. The van der Waals surface area contributed by atoms with Crippen LogP contribution < -0.4 is 15.0 Å². The molecule has 1 atom stereocenters. The Bertz CT molecular complexity index is 1330. The van der Waals surface area contributed by atoms with Crippen LogP contribution in [0.5, 0.6) is 5.75 Å². The summed E-state index contributed by atoms with van der Waals surface area (Å²) in [6.45, 7) is 8.11. The van der Waals surface area contributed by atoms with Gasteiger partial charge in [0.2, 0.25) is 11.8 Å². The Kier molecular flexibility index (Phi) is 7.33. The average Bonchev–Trinajstić information content (AvgIpc) is 3.25. The molecule has 4 aromatic rings. The third-order valence-electron chi connectivity index (χ3n) is 5.52. The van der Waals surface area contributed by atoms with Gasteiger partial charge in [0.25, 0.3) is 0 Å². The second kappa shape index (κ2) is 10.6. The van der Waals surface area contributed by atoms with Crippen molar-refractivity contribution in [3.63, 3.8) is 0 Å². The fourth-order valence-corrected chi connectivity index (χ4v) is 4.03. The first kappa shape index (κ1) is 24.9. The van der Waals surface area contributed by atoms with Crippen LogP contribution in [-0.2, 0) is 16.1 Å². The van der Waals surface area contributed by atoms with Gasteiger partial charge >= 0.3 is 0 Å². The number of amides is 2. The lowest BCUT2D eigenvalue weighted by Gasteiger charge is -2.34. The van der Waals surface area contributed by atoms with Crippen molar-refractivity contribution in [3.05, 3.63) is 84.4 Å². The topological polar surface area (TPSA) is 89.4 Å². The summed E-state index contributed by atoms with van der Waals surface area (Å²) in [7, 11) is 0. The van der Waals surface area contributed by atoms with Crippen LogP contribution in [0.3, 0.4) is 0 Å². The second-order valence-electron chi connectivity index (χ2n) is 9.48. The van der Waals surface area contributed by atoms with Crippen molar-refractivity contribution >= 4 is 28.5 Å². The van der Waals surface area contributed by atoms with E-state index in [0.29, 0.717) is 29.1 Å². The predicted octanol–water partition coefficient (Wildman–Crippen LogP) is 4.52. The number of anilines is 1. The van der Waals surface area contributed by atoms with Crippen LogP contribution in [0.25, 0.3) is 11.0 Å². The molecule has 1 N–H and O–H groups in total. The molecule has 0 aliphatic heterocycles. The highest BCUT2D eigenvalue weighted by molar-refractivity contribution is 6.01. The second-order valence-corrected chi connectivity index (χ2v) is 9.48. The number of carbonyl (C=O) groups is 2. The number of rotatable bonds is 8. The molecule has 8 heteroatoms. The third-order valence-corrected chi connectivity index (χ3v) is 5.52. The van der Waals surface area contributed by atoms with E-state index < -0.39 is 11.6 Å². The molecule has 0 aliphatic rings. The van der Waals surface area contributed by atoms with Gasteiger partial charge in [0.1, 0.15) is 23.9 Å². The van der Waals surface area contributed by atoms with Gasteiger partial charge in [-0.15, -0.1) is 5.10 Å². The summed E-state index contributed by atoms with van der Waals surface area (Å²) in [5.74, 6) is 0.120. The molecule has 3 aromatic carbocycles. The molecule has 0 saturated heterocycles. The molecule has 1 aromatic heterocycles. The van der Waals surface area contributed by atoms with Crippen LogP contribution in [0.1, 0.15) is 39.3 Å². The van der Waals surface area contributed by atoms with Crippen molar-refractivity contribution in [2.75, 3.05) is 11.5 Å². The zero-order valence-electron chi connectivity index (χ0n) is 21.0. The van der Waals surface area contributed by atoms with Gasteiger partial charge < -0.3 is 10.1 Å². The standard InChI is InChI=1S/C28H31N5O3/c1-5-36-22-17-15-20(16-18-22)26(27(35)29-28(2,3)4)33(21-11-7-6-8-12-21)25(34)19-32-24-14-10-9-13-23(24)30-31-32/h6-18,26H,5,19H2,1-4H3,(H,29,35)/t26-/m1/s1. The molecular formula is C28H31N5O3. The predicted molar refractivity (Wildman–Crippen MR) is 140 cm³/mol. The Morgan fingerprint density at radius 2 is 1.64 bits per heavy atom. The zero-order valence-corrected chi connectivity index (χ0v) is 21.0. The van der Waals surface area contributed by atoms with Crippen molar-refractivity contribution in [2.45, 2.75) is 45.8 Å². The number of fused-ring (bicyclic) bond motifs is 1. The quantitative estimate of drug-likeness (QED) is 0.396. The van der Waals surface area contributed by atoms with E-state index in [4.69, 9.17) is 4.74 Å². The lowest BCUT2D eigenvalue weighted by molar-refractivity contribution is -0.128. The average molecular weight is 486 g/mol. The molecule has 0 radical (unpaired) electrons. The van der Waals surface area contributed by atoms with Gasteiger partial charge in [-0.3, -0.25) is 14.5 Å². The number of benzene rings is 3. The van der Waals surface area contributed by atoms with Gasteiger partial charge in [0.05, 0.1) is 12.1 Å². The first-order chi connectivity index (χ1) is 17.3. The smallest absolute Gasteiger partial charge is 0.249 e. The van der Waals surface area contributed by atoms with Gasteiger partial charge in [-0.05, 0) is 69.7 Å². The molecule has 0 aliphatic carbocycles. The van der Waals surface area contributed by atoms with Crippen LogP contribution in [0.4, 0.5) is 5.69 Å². The Balaban J connectivity index is 1.78. The van der Waals surface area contributed by atoms with E-state index in [2.05, 4.69) is 15.6 Å². The highest BCUT2D eigenvalue weighted by Gasteiger charge is 2.34.